The molecule has 1 aromatic heterocycles. The maximum Gasteiger partial charge on any atom is 0.352 e. The predicted molar refractivity (Wildman–Crippen MR) is 69.4 cm³/mol. The van der Waals surface area contributed by atoms with Crippen molar-refractivity contribution in [2.24, 2.45) is 0 Å². The van der Waals surface area contributed by atoms with Gasteiger partial charge in [0.05, 0.1) is 0 Å². The second-order valence-corrected chi connectivity index (χ2v) is 5.00. The van der Waals surface area contributed by atoms with Crippen molar-refractivity contribution >= 4 is 17.6 Å². The van der Waals surface area contributed by atoms with Crippen LogP contribution in [0.15, 0.2) is 30.3 Å². The minimum atomic E-state index is -0.908. The molecule has 1 aliphatic rings. The highest BCUT2D eigenvalue weighted by atomic mass is 35.5. The number of aromatic nitrogens is 1. The summed E-state index contributed by atoms with van der Waals surface area (Å²) in [5, 5.41) is 9.71. The Hall–Kier alpha value is -1.74. The van der Waals surface area contributed by atoms with E-state index in [2.05, 4.69) is 4.98 Å². The van der Waals surface area contributed by atoms with Gasteiger partial charge in [0.2, 0.25) is 0 Å². The van der Waals surface area contributed by atoms with E-state index in [-0.39, 0.29) is 11.6 Å². The van der Waals surface area contributed by atoms with Gasteiger partial charge in [-0.15, -0.1) is 0 Å². The molecule has 0 spiro atoms. The maximum absolute atomic E-state index is 11.0. The van der Waals surface area contributed by atoms with E-state index in [9.17, 15) is 4.79 Å². The molecule has 0 saturated heterocycles. The first-order valence-corrected chi connectivity index (χ1v) is 6.23. The Bertz CT molecular complexity index is 618. The number of carboxylic acid groups (broad SMARTS) is 1. The molecule has 2 N–H and O–H groups in total. The Morgan fingerprint density at radius 1 is 1.39 bits per heavy atom. The molecule has 3 rings (SSSR count). The predicted octanol–water partition coefficient (Wildman–Crippen LogP) is 3.44. The van der Waals surface area contributed by atoms with E-state index in [0.717, 1.165) is 34.7 Å². The fourth-order valence-electron chi connectivity index (χ4n) is 2.66. The van der Waals surface area contributed by atoms with Crippen molar-refractivity contribution in [2.75, 3.05) is 0 Å². The topological polar surface area (TPSA) is 53.1 Å². The molecule has 4 heteroatoms. The summed E-state index contributed by atoms with van der Waals surface area (Å²) < 4.78 is 0. The number of carbonyl (C=O) groups is 1. The summed E-state index contributed by atoms with van der Waals surface area (Å²) in [7, 11) is 0. The molecule has 1 aliphatic carbocycles. The summed E-state index contributed by atoms with van der Waals surface area (Å²) in [6.07, 6.45) is 1.89. The molecular formula is C14H12ClNO2. The zero-order valence-electron chi connectivity index (χ0n) is 9.61. The molecular weight excluding hydrogens is 250 g/mol. The van der Waals surface area contributed by atoms with Crippen LogP contribution in [-0.4, -0.2) is 16.1 Å². The Morgan fingerprint density at radius 2 is 2.22 bits per heavy atom. The molecule has 1 heterocycles. The van der Waals surface area contributed by atoms with Gasteiger partial charge in [0.15, 0.2) is 0 Å². The van der Waals surface area contributed by atoms with Gasteiger partial charge in [-0.05, 0) is 42.2 Å². The second-order valence-electron chi connectivity index (χ2n) is 4.57. The minimum Gasteiger partial charge on any atom is -0.477 e. The van der Waals surface area contributed by atoms with Crippen LogP contribution in [0.1, 0.15) is 39.6 Å². The van der Waals surface area contributed by atoms with Crippen LogP contribution in [0.4, 0.5) is 0 Å². The number of nitrogens with one attached hydrogen (secondary N) is 1. The summed E-state index contributed by atoms with van der Waals surface area (Å²) in [4.78, 5) is 13.9. The SMILES string of the molecule is O=C(O)c1cc2c([nH]1)CCC2c1cccc(Cl)c1. The van der Waals surface area contributed by atoms with Gasteiger partial charge in [0.1, 0.15) is 5.69 Å². The average molecular weight is 262 g/mol. The number of benzene rings is 1. The lowest BCUT2D eigenvalue weighted by atomic mass is 9.94. The molecule has 18 heavy (non-hydrogen) atoms. The van der Waals surface area contributed by atoms with Crippen molar-refractivity contribution in [3.63, 3.8) is 0 Å². The van der Waals surface area contributed by atoms with Gasteiger partial charge in [-0.1, -0.05) is 23.7 Å². The largest absolute Gasteiger partial charge is 0.477 e. The summed E-state index contributed by atoms with van der Waals surface area (Å²) in [5.41, 5.74) is 3.55. The lowest BCUT2D eigenvalue weighted by Gasteiger charge is -2.10. The Kier molecular flexibility index (Phi) is 2.63. The molecule has 0 fully saturated rings. The van der Waals surface area contributed by atoms with Crippen molar-refractivity contribution in [3.8, 4) is 0 Å². The van der Waals surface area contributed by atoms with E-state index in [0.29, 0.717) is 0 Å². The number of aryl methyl sites for hydroxylation is 1. The summed E-state index contributed by atoms with van der Waals surface area (Å²) >= 11 is 6.00. The lowest BCUT2D eigenvalue weighted by molar-refractivity contribution is 0.0691. The number of aromatic amines is 1. The molecule has 92 valence electrons. The second kappa shape index (κ2) is 4.18. The third-order valence-corrected chi connectivity index (χ3v) is 3.71. The first-order chi connectivity index (χ1) is 8.65. The molecule has 1 atom stereocenters. The van der Waals surface area contributed by atoms with Crippen molar-refractivity contribution in [1.82, 2.24) is 4.98 Å². The zero-order chi connectivity index (χ0) is 12.7. The molecule has 1 unspecified atom stereocenters. The van der Waals surface area contributed by atoms with Crippen molar-refractivity contribution in [2.45, 2.75) is 18.8 Å². The number of H-pyrrole nitrogens is 1. The van der Waals surface area contributed by atoms with Crippen LogP contribution < -0.4 is 0 Å². The van der Waals surface area contributed by atoms with E-state index in [4.69, 9.17) is 16.7 Å². The van der Waals surface area contributed by atoms with Gasteiger partial charge >= 0.3 is 5.97 Å². The molecule has 1 aromatic carbocycles. The number of fused-ring (bicyclic) bond motifs is 1. The van der Waals surface area contributed by atoms with Gasteiger partial charge in [-0.2, -0.15) is 0 Å². The zero-order valence-corrected chi connectivity index (χ0v) is 10.4. The molecule has 2 aromatic rings. The monoisotopic (exact) mass is 261 g/mol. The van der Waals surface area contributed by atoms with Crippen molar-refractivity contribution < 1.29 is 9.90 Å². The first kappa shape index (κ1) is 11.4. The maximum atomic E-state index is 11.0. The van der Waals surface area contributed by atoms with Gasteiger partial charge in [0.25, 0.3) is 0 Å². The van der Waals surface area contributed by atoms with Crippen LogP contribution in [0, 0.1) is 0 Å². The van der Waals surface area contributed by atoms with Crippen molar-refractivity contribution in [1.29, 1.82) is 0 Å². The normalized spacial score (nSPS) is 17.7. The molecule has 0 radical (unpaired) electrons. The summed E-state index contributed by atoms with van der Waals surface area (Å²) in [6.45, 7) is 0. The van der Waals surface area contributed by atoms with E-state index in [1.807, 2.05) is 24.3 Å². The Labute approximate surface area is 109 Å². The fraction of sp³-hybridized carbons (Fsp3) is 0.214. The standard InChI is InChI=1S/C14H12ClNO2/c15-9-3-1-2-8(6-9)10-4-5-12-11(10)7-13(16-12)14(17)18/h1-3,6-7,10,16H,4-5H2,(H,17,18). The number of aromatic carboxylic acids is 1. The van der Waals surface area contributed by atoms with Crippen LogP contribution in [-0.2, 0) is 6.42 Å². The van der Waals surface area contributed by atoms with E-state index in [1.54, 1.807) is 6.07 Å². The molecule has 3 nitrogen and oxygen atoms in total. The van der Waals surface area contributed by atoms with Crippen LogP contribution in [0.3, 0.4) is 0 Å². The molecule has 0 bridgehead atoms. The fourth-order valence-corrected chi connectivity index (χ4v) is 2.86. The van der Waals surface area contributed by atoms with Gasteiger partial charge in [-0.3, -0.25) is 0 Å². The third-order valence-electron chi connectivity index (χ3n) is 3.47. The number of hydrogen-bond donors (Lipinski definition) is 2. The average Bonchev–Trinajstić information content (AvgIpc) is 2.87. The van der Waals surface area contributed by atoms with Crippen LogP contribution in [0.2, 0.25) is 5.02 Å². The minimum absolute atomic E-state index is 0.253. The highest BCUT2D eigenvalue weighted by molar-refractivity contribution is 6.30. The highest BCUT2D eigenvalue weighted by Crippen LogP contribution is 2.38. The first-order valence-electron chi connectivity index (χ1n) is 5.85. The molecule has 0 amide bonds. The summed E-state index contributed by atoms with van der Waals surface area (Å²) in [5.74, 6) is -0.655. The third kappa shape index (κ3) is 1.81. The number of hydrogen-bond acceptors (Lipinski definition) is 1. The van der Waals surface area contributed by atoms with Crippen LogP contribution >= 0.6 is 11.6 Å². The van der Waals surface area contributed by atoms with Gasteiger partial charge in [0, 0.05) is 16.6 Å². The van der Waals surface area contributed by atoms with Crippen molar-refractivity contribution in [3.05, 3.63) is 57.9 Å². The van der Waals surface area contributed by atoms with E-state index in [1.165, 1.54) is 0 Å². The Balaban J connectivity index is 2.01. The highest BCUT2D eigenvalue weighted by Gasteiger charge is 2.27. The summed E-state index contributed by atoms with van der Waals surface area (Å²) in [6, 6.07) is 9.52. The number of rotatable bonds is 2. The van der Waals surface area contributed by atoms with E-state index < -0.39 is 5.97 Å². The van der Waals surface area contributed by atoms with Crippen LogP contribution in [0.5, 0.6) is 0 Å². The lowest BCUT2D eigenvalue weighted by Crippen LogP contribution is -1.98. The quantitative estimate of drug-likeness (QED) is 0.870. The molecule has 0 aliphatic heterocycles. The van der Waals surface area contributed by atoms with Crippen LogP contribution in [0.25, 0.3) is 0 Å². The van der Waals surface area contributed by atoms with Gasteiger partial charge in [-0.25, -0.2) is 4.79 Å². The van der Waals surface area contributed by atoms with Gasteiger partial charge < -0.3 is 10.1 Å². The number of halogens is 1. The molecule has 0 saturated carbocycles. The Morgan fingerprint density at radius 3 is 2.94 bits per heavy atom. The number of carboxylic acids is 1. The van der Waals surface area contributed by atoms with E-state index >= 15 is 0 Å². The smallest absolute Gasteiger partial charge is 0.352 e.